The first kappa shape index (κ1) is 20.1. The zero-order valence-electron chi connectivity index (χ0n) is 16.7. The number of nitrogens with one attached hydrogen (secondary N) is 2. The number of rotatable bonds is 3. The fourth-order valence-electron chi connectivity index (χ4n) is 3.47. The first-order chi connectivity index (χ1) is 14.1. The molecule has 3 heterocycles. The monoisotopic (exact) mass is 432 g/mol. The van der Waals surface area contributed by atoms with Gasteiger partial charge in [-0.1, -0.05) is 19.9 Å². The normalized spacial score (nSPS) is 17.0. The Labute approximate surface area is 171 Å². The SMILES string of the molecule is Cc1ccc2c(c1)S(=O)(=O)NC(=c1c(=O)c3cc(F)cn3n(CCC(C)C)c1=O)N2. The average molecular weight is 432 g/mol. The number of hydrogen-bond donors (Lipinski definition) is 2. The fourth-order valence-corrected chi connectivity index (χ4v) is 4.75. The Balaban J connectivity index is 2.06. The molecule has 0 aliphatic carbocycles. The lowest BCUT2D eigenvalue weighted by molar-refractivity contribution is 0.453. The Morgan fingerprint density at radius 3 is 2.60 bits per heavy atom. The average Bonchev–Trinajstić information content (AvgIpc) is 3.03. The van der Waals surface area contributed by atoms with E-state index in [1.807, 2.05) is 13.8 Å². The molecule has 30 heavy (non-hydrogen) atoms. The summed E-state index contributed by atoms with van der Waals surface area (Å²) in [5.74, 6) is -0.634. The number of hydrogen-bond acceptors (Lipinski definition) is 5. The predicted molar refractivity (Wildman–Crippen MR) is 111 cm³/mol. The number of anilines is 1. The van der Waals surface area contributed by atoms with Gasteiger partial charge in [0.05, 0.1) is 11.9 Å². The van der Waals surface area contributed by atoms with Gasteiger partial charge in [0.15, 0.2) is 0 Å². The van der Waals surface area contributed by atoms with Crippen molar-refractivity contribution in [2.45, 2.75) is 38.6 Å². The summed E-state index contributed by atoms with van der Waals surface area (Å²) in [6.07, 6.45) is 1.69. The van der Waals surface area contributed by atoms with Crippen LogP contribution in [0.5, 0.6) is 0 Å². The Bertz CT molecular complexity index is 1450. The molecule has 4 rings (SSSR count). The van der Waals surface area contributed by atoms with E-state index in [9.17, 15) is 22.4 Å². The van der Waals surface area contributed by atoms with Crippen LogP contribution in [-0.2, 0) is 16.6 Å². The summed E-state index contributed by atoms with van der Waals surface area (Å²) in [7, 11) is -4.00. The number of aromatic nitrogens is 2. The Kier molecular flexibility index (Phi) is 4.69. The number of halogens is 1. The molecule has 0 bridgehead atoms. The van der Waals surface area contributed by atoms with Crippen molar-refractivity contribution in [3.05, 3.63) is 67.6 Å². The van der Waals surface area contributed by atoms with E-state index >= 15 is 0 Å². The summed E-state index contributed by atoms with van der Waals surface area (Å²) in [6.45, 7) is 5.95. The fraction of sp³-hybridized carbons (Fsp3) is 0.300. The molecule has 1 aliphatic heterocycles. The molecule has 0 saturated carbocycles. The van der Waals surface area contributed by atoms with Crippen LogP contribution < -0.4 is 26.2 Å². The van der Waals surface area contributed by atoms with Crippen molar-refractivity contribution in [2.75, 3.05) is 5.32 Å². The molecular formula is C20H21FN4O4S. The topological polar surface area (TPSA) is 102 Å². The van der Waals surface area contributed by atoms with Gasteiger partial charge in [-0.25, -0.2) is 17.5 Å². The quantitative estimate of drug-likeness (QED) is 0.647. The first-order valence-corrected chi connectivity index (χ1v) is 11.0. The lowest BCUT2D eigenvalue weighted by Gasteiger charge is -2.23. The third kappa shape index (κ3) is 3.26. The van der Waals surface area contributed by atoms with E-state index in [0.29, 0.717) is 6.42 Å². The van der Waals surface area contributed by atoms with Gasteiger partial charge in [0, 0.05) is 12.6 Å². The standard InChI is InChI=1S/C20H21FN4O4S/c1-11(2)6-7-24-20(27)17(18(26)15-9-13(21)10-25(15)24)19-22-14-5-4-12(3)8-16(14)30(28,29)23-19/h4-5,8-11,22-23H,6-7H2,1-3H3. The van der Waals surface area contributed by atoms with Crippen molar-refractivity contribution in [2.24, 2.45) is 5.92 Å². The van der Waals surface area contributed by atoms with Gasteiger partial charge >= 0.3 is 0 Å². The maximum atomic E-state index is 13.9. The van der Waals surface area contributed by atoms with E-state index in [1.165, 1.54) is 15.3 Å². The van der Waals surface area contributed by atoms with Gasteiger partial charge in [-0.2, -0.15) is 0 Å². The van der Waals surface area contributed by atoms with Crippen molar-refractivity contribution in [3.63, 3.8) is 0 Å². The second kappa shape index (κ2) is 6.98. The molecule has 3 aromatic rings. The molecule has 1 aromatic carbocycles. The lowest BCUT2D eigenvalue weighted by atomic mass is 10.1. The first-order valence-electron chi connectivity index (χ1n) is 9.48. The van der Waals surface area contributed by atoms with E-state index in [2.05, 4.69) is 10.0 Å². The minimum atomic E-state index is -4.00. The number of nitrogens with zero attached hydrogens (tertiary/aromatic N) is 2. The van der Waals surface area contributed by atoms with E-state index in [1.54, 1.807) is 19.1 Å². The highest BCUT2D eigenvalue weighted by molar-refractivity contribution is 7.90. The summed E-state index contributed by atoms with van der Waals surface area (Å²) in [5, 5.41) is 2.48. The number of sulfonamides is 1. The molecule has 158 valence electrons. The van der Waals surface area contributed by atoms with Gasteiger partial charge in [0.2, 0.25) is 5.43 Å². The lowest BCUT2D eigenvalue weighted by Crippen LogP contribution is -2.52. The molecule has 0 saturated heterocycles. The van der Waals surface area contributed by atoms with Crippen molar-refractivity contribution < 1.29 is 12.8 Å². The Morgan fingerprint density at radius 2 is 1.90 bits per heavy atom. The van der Waals surface area contributed by atoms with Crippen LogP contribution in [0, 0.1) is 18.7 Å². The molecule has 0 unspecified atom stereocenters. The van der Waals surface area contributed by atoms with E-state index in [-0.39, 0.29) is 39.6 Å². The van der Waals surface area contributed by atoms with Gasteiger partial charge < -0.3 is 5.32 Å². The Hall–Kier alpha value is -3.14. The number of fused-ring (bicyclic) bond motifs is 2. The number of benzene rings is 1. The third-order valence-electron chi connectivity index (χ3n) is 5.03. The summed E-state index contributed by atoms with van der Waals surface area (Å²) >= 11 is 0. The molecule has 0 fully saturated rings. The van der Waals surface area contributed by atoms with E-state index < -0.39 is 26.8 Å². The highest BCUT2D eigenvalue weighted by atomic mass is 32.2. The summed E-state index contributed by atoms with van der Waals surface area (Å²) in [6, 6.07) is 5.81. The molecular weight excluding hydrogens is 411 g/mol. The van der Waals surface area contributed by atoms with Crippen LogP contribution in [0.15, 0.2) is 44.9 Å². The molecule has 0 atom stereocenters. The largest absolute Gasteiger partial charge is 0.339 e. The van der Waals surface area contributed by atoms with Crippen molar-refractivity contribution in [1.29, 1.82) is 0 Å². The van der Waals surface area contributed by atoms with Gasteiger partial charge in [-0.3, -0.25) is 18.8 Å². The second-order valence-electron chi connectivity index (χ2n) is 7.81. The minimum Gasteiger partial charge on any atom is -0.339 e. The smallest absolute Gasteiger partial charge is 0.280 e. The third-order valence-corrected chi connectivity index (χ3v) is 6.42. The molecule has 2 N–H and O–H groups in total. The molecule has 0 spiro atoms. The van der Waals surface area contributed by atoms with Gasteiger partial charge in [0.1, 0.15) is 27.3 Å². The van der Waals surface area contributed by atoms with E-state index in [0.717, 1.165) is 17.8 Å². The Morgan fingerprint density at radius 1 is 1.17 bits per heavy atom. The highest BCUT2D eigenvalue weighted by Gasteiger charge is 2.28. The summed E-state index contributed by atoms with van der Waals surface area (Å²) in [5.41, 5.74) is -0.512. The van der Waals surface area contributed by atoms with Crippen LogP contribution in [0.2, 0.25) is 0 Å². The molecule has 8 nitrogen and oxygen atoms in total. The van der Waals surface area contributed by atoms with Crippen molar-refractivity contribution >= 4 is 27.0 Å². The molecule has 0 amide bonds. The van der Waals surface area contributed by atoms with Gasteiger partial charge in [0.25, 0.3) is 15.6 Å². The summed E-state index contributed by atoms with van der Waals surface area (Å²) < 4.78 is 44.2. The zero-order chi connectivity index (χ0) is 21.8. The van der Waals surface area contributed by atoms with Gasteiger partial charge in [-0.05, 0) is 37.0 Å². The molecule has 2 aromatic heterocycles. The van der Waals surface area contributed by atoms with Crippen molar-refractivity contribution in [3.8, 4) is 0 Å². The maximum absolute atomic E-state index is 13.9. The van der Waals surface area contributed by atoms with Gasteiger partial charge in [-0.15, -0.1) is 0 Å². The predicted octanol–water partition coefficient (Wildman–Crippen LogP) is 1.14. The molecule has 10 heteroatoms. The van der Waals surface area contributed by atoms with Crippen LogP contribution >= 0.6 is 0 Å². The summed E-state index contributed by atoms with van der Waals surface area (Å²) in [4.78, 5) is 26.3. The van der Waals surface area contributed by atoms with Crippen molar-refractivity contribution in [1.82, 2.24) is 13.9 Å². The van der Waals surface area contributed by atoms with Crippen LogP contribution in [0.3, 0.4) is 0 Å². The van der Waals surface area contributed by atoms with Crippen LogP contribution in [0.25, 0.3) is 11.3 Å². The second-order valence-corrected chi connectivity index (χ2v) is 9.46. The van der Waals surface area contributed by atoms with Crippen LogP contribution in [0.1, 0.15) is 25.8 Å². The molecule has 0 radical (unpaired) electrons. The van der Waals surface area contributed by atoms with E-state index in [4.69, 9.17) is 0 Å². The highest BCUT2D eigenvalue weighted by Crippen LogP contribution is 2.27. The molecule has 1 aliphatic rings. The van der Waals surface area contributed by atoms with Crippen LogP contribution in [-0.4, -0.2) is 17.6 Å². The minimum absolute atomic E-state index is 0.0219. The maximum Gasteiger partial charge on any atom is 0.280 e. The zero-order valence-corrected chi connectivity index (χ0v) is 17.5. The number of aryl methyl sites for hydroxylation is 2. The van der Waals surface area contributed by atoms with Crippen LogP contribution in [0.4, 0.5) is 10.1 Å².